The number of hydrogen-bond acceptors (Lipinski definition) is 4. The normalized spacial score (nSPS) is 15.9. The minimum atomic E-state index is 0.241. The molecule has 0 spiro atoms. The van der Waals surface area contributed by atoms with Crippen molar-refractivity contribution in [2.75, 3.05) is 0 Å². The highest BCUT2D eigenvalue weighted by atomic mass is 33.1. The van der Waals surface area contributed by atoms with Crippen LogP contribution in [-0.2, 0) is 9.47 Å². The lowest BCUT2D eigenvalue weighted by molar-refractivity contribution is 0.0366. The molecular formula is C13H28O2S2. The predicted octanol–water partition coefficient (Wildman–Crippen LogP) is 4.94. The molecule has 0 saturated heterocycles. The Bertz CT molecular complexity index is 184. The summed E-state index contributed by atoms with van der Waals surface area (Å²) in [5, 5.41) is 0. The summed E-state index contributed by atoms with van der Waals surface area (Å²) in [6.07, 6.45) is 1.60. The third kappa shape index (κ3) is 9.23. The molecule has 0 aliphatic carbocycles. The summed E-state index contributed by atoms with van der Waals surface area (Å²) in [5.41, 5.74) is 0.502. The Morgan fingerprint density at radius 3 is 1.71 bits per heavy atom. The summed E-state index contributed by atoms with van der Waals surface area (Å²) in [6, 6.07) is 0. The van der Waals surface area contributed by atoms with Crippen LogP contribution in [0, 0.1) is 5.92 Å². The van der Waals surface area contributed by atoms with Crippen molar-refractivity contribution in [3.05, 3.63) is 0 Å². The summed E-state index contributed by atoms with van der Waals surface area (Å²) in [6.45, 7) is 14.9. The minimum Gasteiger partial charge on any atom is -0.364 e. The summed E-state index contributed by atoms with van der Waals surface area (Å²) in [7, 11) is 3.60. The molecule has 0 aromatic carbocycles. The van der Waals surface area contributed by atoms with Gasteiger partial charge in [-0.15, -0.1) is 0 Å². The molecule has 0 bridgehead atoms. The van der Waals surface area contributed by atoms with Gasteiger partial charge >= 0.3 is 0 Å². The monoisotopic (exact) mass is 280 g/mol. The SMILES string of the molecule is CCC(OC(C)C)SSC(OC(C)C)C(C)C. The predicted molar refractivity (Wildman–Crippen MR) is 80.3 cm³/mol. The molecule has 0 aliphatic heterocycles. The lowest BCUT2D eigenvalue weighted by Crippen LogP contribution is -2.20. The van der Waals surface area contributed by atoms with Crippen LogP contribution in [0.3, 0.4) is 0 Å². The van der Waals surface area contributed by atoms with Crippen LogP contribution in [0.4, 0.5) is 0 Å². The van der Waals surface area contributed by atoms with Gasteiger partial charge in [-0.2, -0.15) is 0 Å². The molecule has 0 heterocycles. The Morgan fingerprint density at radius 2 is 1.35 bits per heavy atom. The third-order valence-corrected chi connectivity index (χ3v) is 5.13. The molecule has 17 heavy (non-hydrogen) atoms. The van der Waals surface area contributed by atoms with E-state index < -0.39 is 0 Å². The van der Waals surface area contributed by atoms with Crippen LogP contribution < -0.4 is 0 Å². The molecule has 0 saturated carbocycles. The molecule has 0 aliphatic rings. The molecule has 0 aromatic rings. The van der Waals surface area contributed by atoms with E-state index in [2.05, 4.69) is 48.5 Å². The van der Waals surface area contributed by atoms with E-state index in [1.165, 1.54) is 0 Å². The summed E-state index contributed by atoms with van der Waals surface area (Å²) < 4.78 is 11.7. The lowest BCUT2D eigenvalue weighted by atomic mass is 10.2. The van der Waals surface area contributed by atoms with Crippen molar-refractivity contribution in [2.45, 2.75) is 78.0 Å². The molecule has 4 heteroatoms. The number of hydrogen-bond donors (Lipinski definition) is 0. The quantitative estimate of drug-likeness (QED) is 0.440. The number of rotatable bonds is 9. The maximum Gasteiger partial charge on any atom is 0.115 e. The molecular weight excluding hydrogens is 252 g/mol. The van der Waals surface area contributed by atoms with Gasteiger partial charge in [-0.05, 0) is 40.0 Å². The van der Waals surface area contributed by atoms with Crippen LogP contribution in [0.5, 0.6) is 0 Å². The van der Waals surface area contributed by atoms with E-state index in [9.17, 15) is 0 Å². The molecule has 0 N–H and O–H groups in total. The molecule has 0 aromatic heterocycles. The smallest absolute Gasteiger partial charge is 0.115 e. The van der Waals surface area contributed by atoms with Gasteiger partial charge in [-0.1, -0.05) is 42.4 Å². The fourth-order valence-electron chi connectivity index (χ4n) is 1.17. The maximum absolute atomic E-state index is 5.90. The second kappa shape index (κ2) is 9.54. The van der Waals surface area contributed by atoms with Crippen molar-refractivity contribution in [1.82, 2.24) is 0 Å². The van der Waals surface area contributed by atoms with Gasteiger partial charge in [-0.25, -0.2) is 0 Å². The van der Waals surface area contributed by atoms with Crippen LogP contribution in [0.2, 0.25) is 0 Å². The Morgan fingerprint density at radius 1 is 0.824 bits per heavy atom. The molecule has 0 fully saturated rings. The van der Waals surface area contributed by atoms with Crippen LogP contribution in [0.1, 0.15) is 54.9 Å². The van der Waals surface area contributed by atoms with Crippen LogP contribution >= 0.6 is 21.6 Å². The molecule has 2 unspecified atom stereocenters. The first kappa shape index (κ1) is 17.6. The second-order valence-electron chi connectivity index (χ2n) is 5.01. The fraction of sp³-hybridized carbons (Fsp3) is 1.00. The summed E-state index contributed by atoms with van der Waals surface area (Å²) >= 11 is 0. The zero-order valence-corrected chi connectivity index (χ0v) is 13.9. The van der Waals surface area contributed by atoms with Gasteiger partial charge in [0.05, 0.1) is 12.2 Å². The van der Waals surface area contributed by atoms with Gasteiger partial charge in [0.2, 0.25) is 0 Å². The molecule has 2 atom stereocenters. The first-order valence-corrected chi connectivity index (χ1v) is 8.77. The average molecular weight is 280 g/mol. The standard InChI is InChI=1S/C13H28O2S2/c1-8-12(14-10(4)5)16-17-13(9(2)3)15-11(6)7/h9-13H,8H2,1-7H3. The van der Waals surface area contributed by atoms with Gasteiger partial charge in [0, 0.05) is 0 Å². The van der Waals surface area contributed by atoms with E-state index in [0.717, 1.165) is 6.42 Å². The summed E-state index contributed by atoms with van der Waals surface area (Å²) in [4.78, 5) is 0. The van der Waals surface area contributed by atoms with E-state index in [4.69, 9.17) is 9.47 Å². The largest absolute Gasteiger partial charge is 0.364 e. The molecule has 104 valence electrons. The average Bonchev–Trinajstić information content (AvgIpc) is 2.20. The van der Waals surface area contributed by atoms with Gasteiger partial charge in [-0.3, -0.25) is 0 Å². The van der Waals surface area contributed by atoms with Gasteiger partial charge in [0.1, 0.15) is 10.9 Å². The topological polar surface area (TPSA) is 18.5 Å². The van der Waals surface area contributed by atoms with E-state index in [-0.39, 0.29) is 23.1 Å². The lowest BCUT2D eigenvalue weighted by Gasteiger charge is -2.25. The first-order valence-electron chi connectivity index (χ1n) is 6.49. The molecule has 0 radical (unpaired) electrons. The highest BCUT2D eigenvalue weighted by molar-refractivity contribution is 8.77. The van der Waals surface area contributed by atoms with Crippen molar-refractivity contribution >= 4 is 21.6 Å². The zero-order valence-electron chi connectivity index (χ0n) is 12.2. The molecule has 0 rings (SSSR count). The Hall–Kier alpha value is 0.620. The maximum atomic E-state index is 5.90. The summed E-state index contributed by atoms with van der Waals surface area (Å²) in [5.74, 6) is 0.520. The van der Waals surface area contributed by atoms with Gasteiger partial charge < -0.3 is 9.47 Å². The van der Waals surface area contributed by atoms with Gasteiger partial charge in [0.25, 0.3) is 0 Å². The Kier molecular flexibility index (Phi) is 9.88. The second-order valence-corrected chi connectivity index (χ2v) is 7.54. The van der Waals surface area contributed by atoms with Crippen molar-refractivity contribution in [2.24, 2.45) is 5.92 Å². The van der Waals surface area contributed by atoms with E-state index >= 15 is 0 Å². The van der Waals surface area contributed by atoms with E-state index in [1.54, 1.807) is 21.6 Å². The highest BCUT2D eigenvalue weighted by Gasteiger charge is 2.19. The van der Waals surface area contributed by atoms with Crippen LogP contribution in [0.25, 0.3) is 0 Å². The van der Waals surface area contributed by atoms with Gasteiger partial charge in [0.15, 0.2) is 0 Å². The Balaban J connectivity index is 4.08. The zero-order chi connectivity index (χ0) is 13.4. The number of ether oxygens (including phenoxy) is 2. The minimum absolute atomic E-state index is 0.241. The van der Waals surface area contributed by atoms with Crippen molar-refractivity contribution in [3.63, 3.8) is 0 Å². The molecule has 0 amide bonds. The third-order valence-electron chi connectivity index (χ3n) is 1.97. The molecule has 2 nitrogen and oxygen atoms in total. The van der Waals surface area contributed by atoms with Crippen molar-refractivity contribution in [1.29, 1.82) is 0 Å². The fourth-order valence-corrected chi connectivity index (χ4v) is 4.34. The Labute approximate surface area is 115 Å². The van der Waals surface area contributed by atoms with Crippen molar-refractivity contribution < 1.29 is 9.47 Å². The highest BCUT2D eigenvalue weighted by Crippen LogP contribution is 2.37. The van der Waals surface area contributed by atoms with Crippen LogP contribution in [-0.4, -0.2) is 23.1 Å². The van der Waals surface area contributed by atoms with Crippen molar-refractivity contribution in [3.8, 4) is 0 Å². The first-order chi connectivity index (χ1) is 7.86. The van der Waals surface area contributed by atoms with Crippen LogP contribution in [0.15, 0.2) is 0 Å². The van der Waals surface area contributed by atoms with E-state index in [0.29, 0.717) is 5.92 Å². The van der Waals surface area contributed by atoms with E-state index in [1.807, 2.05) is 0 Å².